The zero-order valence-electron chi connectivity index (χ0n) is 11.6. The van der Waals surface area contributed by atoms with E-state index in [9.17, 15) is 13.2 Å². The Bertz CT molecular complexity index is 526. The molecule has 0 aromatic heterocycles. The summed E-state index contributed by atoms with van der Waals surface area (Å²) in [5.74, 6) is -0.173. The van der Waals surface area contributed by atoms with Crippen LogP contribution in [0.5, 0.6) is 0 Å². The largest absolute Gasteiger partial charge is 0.356 e. The predicted molar refractivity (Wildman–Crippen MR) is 77.7 cm³/mol. The maximum atomic E-state index is 12.0. The SMILES string of the molecule is CCNC(=O)CCNS(=O)(=O)c1ccc(CCN)cc1. The van der Waals surface area contributed by atoms with Gasteiger partial charge in [0.05, 0.1) is 4.90 Å². The maximum Gasteiger partial charge on any atom is 0.240 e. The molecule has 0 heterocycles. The van der Waals surface area contributed by atoms with Crippen molar-refractivity contribution in [3.05, 3.63) is 29.8 Å². The van der Waals surface area contributed by atoms with E-state index in [1.807, 2.05) is 6.92 Å². The molecule has 0 saturated carbocycles. The molecule has 0 bridgehead atoms. The van der Waals surface area contributed by atoms with Crippen molar-refractivity contribution in [3.63, 3.8) is 0 Å². The average molecular weight is 299 g/mol. The molecular formula is C13H21N3O3S. The molecule has 1 aromatic carbocycles. The van der Waals surface area contributed by atoms with E-state index in [-0.39, 0.29) is 23.8 Å². The molecule has 1 amide bonds. The monoisotopic (exact) mass is 299 g/mol. The molecular weight excluding hydrogens is 278 g/mol. The molecule has 4 N–H and O–H groups in total. The number of carbonyl (C=O) groups is 1. The molecule has 0 saturated heterocycles. The third kappa shape index (κ3) is 5.28. The molecule has 0 aliphatic rings. The number of nitrogens with two attached hydrogens (primary N) is 1. The highest BCUT2D eigenvalue weighted by Crippen LogP contribution is 2.10. The Morgan fingerprint density at radius 3 is 2.45 bits per heavy atom. The first kappa shape index (κ1) is 16.6. The lowest BCUT2D eigenvalue weighted by Gasteiger charge is -2.07. The van der Waals surface area contributed by atoms with Gasteiger partial charge in [-0.2, -0.15) is 0 Å². The van der Waals surface area contributed by atoms with E-state index in [0.29, 0.717) is 19.5 Å². The van der Waals surface area contributed by atoms with Crippen molar-refractivity contribution >= 4 is 15.9 Å². The first-order valence-electron chi connectivity index (χ1n) is 6.55. The van der Waals surface area contributed by atoms with Crippen LogP contribution in [0.3, 0.4) is 0 Å². The zero-order valence-corrected chi connectivity index (χ0v) is 12.4. The van der Waals surface area contributed by atoms with Gasteiger partial charge in [-0.3, -0.25) is 4.79 Å². The summed E-state index contributed by atoms with van der Waals surface area (Å²) in [6.45, 7) is 2.95. The van der Waals surface area contributed by atoms with Crippen LogP contribution in [0.15, 0.2) is 29.2 Å². The van der Waals surface area contributed by atoms with Crippen molar-refractivity contribution in [2.24, 2.45) is 5.73 Å². The summed E-state index contributed by atoms with van der Waals surface area (Å²) in [7, 11) is -3.56. The van der Waals surface area contributed by atoms with Crippen LogP contribution in [0, 0.1) is 0 Å². The quantitative estimate of drug-likeness (QED) is 0.628. The third-order valence-corrected chi connectivity index (χ3v) is 4.16. The first-order valence-corrected chi connectivity index (χ1v) is 8.03. The van der Waals surface area contributed by atoms with Crippen molar-refractivity contribution in [2.45, 2.75) is 24.7 Å². The second-order valence-electron chi connectivity index (χ2n) is 4.28. The Hall–Kier alpha value is -1.44. The van der Waals surface area contributed by atoms with Gasteiger partial charge in [0.15, 0.2) is 0 Å². The van der Waals surface area contributed by atoms with Crippen LogP contribution in [0.4, 0.5) is 0 Å². The molecule has 0 aliphatic heterocycles. The molecule has 7 heteroatoms. The molecule has 20 heavy (non-hydrogen) atoms. The van der Waals surface area contributed by atoms with Crippen LogP contribution in [0.1, 0.15) is 18.9 Å². The van der Waals surface area contributed by atoms with Gasteiger partial charge in [0.2, 0.25) is 15.9 Å². The maximum absolute atomic E-state index is 12.0. The molecule has 1 aromatic rings. The number of hydrogen-bond acceptors (Lipinski definition) is 4. The Morgan fingerprint density at radius 2 is 1.90 bits per heavy atom. The zero-order chi connectivity index (χ0) is 15.0. The Balaban J connectivity index is 2.57. The van der Waals surface area contributed by atoms with Crippen LogP contribution in [0.25, 0.3) is 0 Å². The number of benzene rings is 1. The summed E-state index contributed by atoms with van der Waals surface area (Å²) in [6.07, 6.45) is 0.837. The van der Waals surface area contributed by atoms with E-state index in [2.05, 4.69) is 10.0 Å². The molecule has 1 rings (SSSR count). The van der Waals surface area contributed by atoms with Crippen LogP contribution in [-0.4, -0.2) is 34.0 Å². The topological polar surface area (TPSA) is 101 Å². The minimum atomic E-state index is -3.56. The van der Waals surface area contributed by atoms with E-state index in [0.717, 1.165) is 5.56 Å². The second-order valence-corrected chi connectivity index (χ2v) is 6.05. The van der Waals surface area contributed by atoms with E-state index in [1.54, 1.807) is 24.3 Å². The lowest BCUT2D eigenvalue weighted by Crippen LogP contribution is -2.30. The smallest absolute Gasteiger partial charge is 0.240 e. The minimum absolute atomic E-state index is 0.0821. The highest BCUT2D eigenvalue weighted by atomic mass is 32.2. The van der Waals surface area contributed by atoms with Crippen molar-refractivity contribution in [1.82, 2.24) is 10.0 Å². The summed E-state index contributed by atoms with van der Waals surface area (Å²) in [4.78, 5) is 11.4. The highest BCUT2D eigenvalue weighted by molar-refractivity contribution is 7.89. The van der Waals surface area contributed by atoms with Crippen LogP contribution >= 0.6 is 0 Å². The minimum Gasteiger partial charge on any atom is -0.356 e. The summed E-state index contributed by atoms with van der Waals surface area (Å²) < 4.78 is 26.3. The van der Waals surface area contributed by atoms with E-state index in [4.69, 9.17) is 5.73 Å². The average Bonchev–Trinajstić information content (AvgIpc) is 2.40. The number of nitrogens with one attached hydrogen (secondary N) is 2. The normalized spacial score (nSPS) is 11.3. The van der Waals surface area contributed by atoms with Crippen molar-refractivity contribution in [2.75, 3.05) is 19.6 Å². The summed E-state index contributed by atoms with van der Waals surface area (Å²) >= 11 is 0. The van der Waals surface area contributed by atoms with E-state index in [1.165, 1.54) is 0 Å². The second kappa shape index (κ2) is 7.98. The highest BCUT2D eigenvalue weighted by Gasteiger charge is 2.13. The van der Waals surface area contributed by atoms with Gasteiger partial charge >= 0.3 is 0 Å². The molecule has 6 nitrogen and oxygen atoms in total. The Morgan fingerprint density at radius 1 is 1.25 bits per heavy atom. The number of hydrogen-bond donors (Lipinski definition) is 3. The molecule has 0 fully saturated rings. The van der Waals surface area contributed by atoms with Gasteiger partial charge in [-0.1, -0.05) is 12.1 Å². The number of carbonyl (C=O) groups excluding carboxylic acids is 1. The summed E-state index contributed by atoms with van der Waals surface area (Å²) in [6, 6.07) is 6.56. The van der Waals surface area contributed by atoms with Gasteiger partial charge < -0.3 is 11.1 Å². The molecule has 0 unspecified atom stereocenters. The number of rotatable bonds is 8. The lowest BCUT2D eigenvalue weighted by atomic mass is 10.2. The number of sulfonamides is 1. The molecule has 112 valence electrons. The van der Waals surface area contributed by atoms with Gasteiger partial charge in [0.1, 0.15) is 0 Å². The van der Waals surface area contributed by atoms with Gasteiger partial charge in [0, 0.05) is 19.5 Å². The Labute approximate surface area is 119 Å². The Kier molecular flexibility index (Phi) is 6.63. The summed E-state index contributed by atoms with van der Waals surface area (Å²) in [5.41, 5.74) is 6.43. The van der Waals surface area contributed by atoms with Gasteiger partial charge in [-0.05, 0) is 37.6 Å². The first-order chi connectivity index (χ1) is 9.49. The van der Waals surface area contributed by atoms with Crippen molar-refractivity contribution in [3.8, 4) is 0 Å². The van der Waals surface area contributed by atoms with Crippen molar-refractivity contribution < 1.29 is 13.2 Å². The molecule has 0 radical (unpaired) electrons. The van der Waals surface area contributed by atoms with Crippen LogP contribution in [-0.2, 0) is 21.2 Å². The standard InChI is InChI=1S/C13H21N3O3S/c1-2-15-13(17)8-10-16-20(18,19)12-5-3-11(4-6-12)7-9-14/h3-6,16H,2,7-10,14H2,1H3,(H,15,17). The van der Waals surface area contributed by atoms with Crippen molar-refractivity contribution in [1.29, 1.82) is 0 Å². The lowest BCUT2D eigenvalue weighted by molar-refractivity contribution is -0.120. The number of amides is 1. The fraction of sp³-hybridized carbons (Fsp3) is 0.462. The summed E-state index contributed by atoms with van der Waals surface area (Å²) in [5, 5.41) is 2.61. The van der Waals surface area contributed by atoms with E-state index >= 15 is 0 Å². The van der Waals surface area contributed by atoms with Gasteiger partial charge in [-0.15, -0.1) is 0 Å². The molecule has 0 aliphatic carbocycles. The van der Waals surface area contributed by atoms with E-state index < -0.39 is 10.0 Å². The van der Waals surface area contributed by atoms with Gasteiger partial charge in [0.25, 0.3) is 0 Å². The fourth-order valence-electron chi connectivity index (χ4n) is 1.67. The molecule has 0 spiro atoms. The third-order valence-electron chi connectivity index (χ3n) is 2.68. The fourth-order valence-corrected chi connectivity index (χ4v) is 2.70. The molecule has 0 atom stereocenters. The van der Waals surface area contributed by atoms with Crippen LogP contribution in [0.2, 0.25) is 0 Å². The van der Waals surface area contributed by atoms with Crippen LogP contribution < -0.4 is 15.8 Å². The van der Waals surface area contributed by atoms with Gasteiger partial charge in [-0.25, -0.2) is 13.1 Å². The predicted octanol–water partition coefficient (Wildman–Crippen LogP) is -0.00770.